The van der Waals surface area contributed by atoms with Gasteiger partial charge in [-0.2, -0.15) is 0 Å². The molecule has 0 bridgehead atoms. The summed E-state index contributed by atoms with van der Waals surface area (Å²) >= 11 is 0. The smallest absolute Gasteiger partial charge is 0.309 e. The lowest BCUT2D eigenvalue weighted by molar-refractivity contribution is -0.386. The number of rotatable bonds is 1. The standard InChI is InChI=1S/C12H12O4/c13-12-7-11-10(14-12)6-9(15-16-11)8-4-2-1-3-5-8/h1-5,9-11H,6-7H2/t9-,10-,11-/m0/s1. The van der Waals surface area contributed by atoms with E-state index in [1.165, 1.54) is 0 Å². The van der Waals surface area contributed by atoms with Crippen LogP contribution < -0.4 is 0 Å². The minimum Gasteiger partial charge on any atom is -0.459 e. The van der Waals surface area contributed by atoms with Gasteiger partial charge < -0.3 is 4.74 Å². The zero-order chi connectivity index (χ0) is 11.0. The van der Waals surface area contributed by atoms with E-state index in [9.17, 15) is 4.79 Å². The van der Waals surface area contributed by atoms with Crippen LogP contribution in [0.5, 0.6) is 0 Å². The van der Waals surface area contributed by atoms with Crippen molar-refractivity contribution in [3.8, 4) is 0 Å². The monoisotopic (exact) mass is 220 g/mol. The highest BCUT2D eigenvalue weighted by molar-refractivity contribution is 5.72. The summed E-state index contributed by atoms with van der Waals surface area (Å²) in [5, 5.41) is 0. The van der Waals surface area contributed by atoms with Crippen LogP contribution in [0.3, 0.4) is 0 Å². The summed E-state index contributed by atoms with van der Waals surface area (Å²) in [5.41, 5.74) is 1.05. The van der Waals surface area contributed by atoms with Crippen LogP contribution in [0.15, 0.2) is 30.3 Å². The maximum atomic E-state index is 11.1. The predicted molar refractivity (Wildman–Crippen MR) is 54.3 cm³/mol. The molecule has 2 saturated heterocycles. The molecule has 84 valence electrons. The van der Waals surface area contributed by atoms with Gasteiger partial charge in [-0.1, -0.05) is 30.3 Å². The molecule has 2 fully saturated rings. The zero-order valence-corrected chi connectivity index (χ0v) is 8.67. The van der Waals surface area contributed by atoms with Crippen LogP contribution in [0.4, 0.5) is 0 Å². The van der Waals surface area contributed by atoms with Crippen LogP contribution in [0.2, 0.25) is 0 Å². The summed E-state index contributed by atoms with van der Waals surface area (Å²) in [7, 11) is 0. The van der Waals surface area contributed by atoms with E-state index in [0.717, 1.165) is 5.56 Å². The lowest BCUT2D eigenvalue weighted by atomic mass is 10.00. The van der Waals surface area contributed by atoms with Crippen LogP contribution in [-0.4, -0.2) is 18.2 Å². The lowest BCUT2D eigenvalue weighted by Gasteiger charge is -2.29. The van der Waals surface area contributed by atoms with E-state index in [2.05, 4.69) is 0 Å². The molecule has 3 atom stereocenters. The van der Waals surface area contributed by atoms with Gasteiger partial charge in [0.1, 0.15) is 18.3 Å². The molecule has 16 heavy (non-hydrogen) atoms. The molecule has 0 saturated carbocycles. The van der Waals surface area contributed by atoms with Crippen molar-refractivity contribution in [1.82, 2.24) is 0 Å². The number of esters is 1. The lowest BCUT2D eigenvalue weighted by Crippen LogP contribution is -2.33. The fourth-order valence-corrected chi connectivity index (χ4v) is 2.13. The first-order chi connectivity index (χ1) is 7.83. The van der Waals surface area contributed by atoms with Gasteiger partial charge in [-0.15, -0.1) is 0 Å². The Balaban J connectivity index is 1.74. The molecule has 0 aliphatic carbocycles. The van der Waals surface area contributed by atoms with Gasteiger partial charge >= 0.3 is 5.97 Å². The predicted octanol–water partition coefficient (Wildman–Crippen LogP) is 1.76. The molecule has 3 rings (SSSR count). The van der Waals surface area contributed by atoms with Crippen molar-refractivity contribution < 1.29 is 19.3 Å². The van der Waals surface area contributed by atoms with E-state index in [0.29, 0.717) is 12.8 Å². The molecular weight excluding hydrogens is 208 g/mol. The maximum absolute atomic E-state index is 11.1. The highest BCUT2D eigenvalue weighted by Crippen LogP contribution is 2.35. The summed E-state index contributed by atoms with van der Waals surface area (Å²) < 4.78 is 5.17. The molecule has 2 heterocycles. The molecule has 0 N–H and O–H groups in total. The summed E-state index contributed by atoms with van der Waals surface area (Å²) in [5.74, 6) is -0.202. The van der Waals surface area contributed by atoms with Crippen molar-refractivity contribution in [3.05, 3.63) is 35.9 Å². The Bertz CT molecular complexity index is 389. The number of carbonyl (C=O) groups excluding carboxylic acids is 1. The van der Waals surface area contributed by atoms with Crippen LogP contribution >= 0.6 is 0 Å². The molecule has 0 aromatic heterocycles. The third-order valence-electron chi connectivity index (χ3n) is 2.98. The van der Waals surface area contributed by atoms with Gasteiger partial charge in [-0.25, -0.2) is 9.78 Å². The van der Waals surface area contributed by atoms with E-state index in [-0.39, 0.29) is 24.3 Å². The van der Waals surface area contributed by atoms with E-state index in [4.69, 9.17) is 14.5 Å². The van der Waals surface area contributed by atoms with Crippen molar-refractivity contribution in [2.75, 3.05) is 0 Å². The molecule has 2 aliphatic heterocycles. The first kappa shape index (κ1) is 9.81. The Hall–Kier alpha value is -1.39. The largest absolute Gasteiger partial charge is 0.459 e. The van der Waals surface area contributed by atoms with Crippen molar-refractivity contribution >= 4 is 5.97 Å². The van der Waals surface area contributed by atoms with E-state index in [1.54, 1.807) is 0 Å². The van der Waals surface area contributed by atoms with Crippen molar-refractivity contribution in [2.45, 2.75) is 31.2 Å². The molecule has 0 unspecified atom stereocenters. The van der Waals surface area contributed by atoms with Gasteiger partial charge in [0.25, 0.3) is 0 Å². The zero-order valence-electron chi connectivity index (χ0n) is 8.67. The molecule has 0 spiro atoms. The second-order valence-electron chi connectivity index (χ2n) is 4.10. The molecule has 4 heteroatoms. The average Bonchev–Trinajstić information content (AvgIpc) is 2.69. The average molecular weight is 220 g/mol. The molecule has 4 nitrogen and oxygen atoms in total. The summed E-state index contributed by atoms with van der Waals surface area (Å²) in [6, 6.07) is 9.80. The third kappa shape index (κ3) is 1.70. The van der Waals surface area contributed by atoms with Gasteiger partial charge in [0.2, 0.25) is 0 Å². The highest BCUT2D eigenvalue weighted by atomic mass is 17.2. The Labute approximate surface area is 93.0 Å². The SMILES string of the molecule is O=C1C[C@@H]2OO[C@H](c3ccccc3)C[C@@H]2O1. The normalized spacial score (nSPS) is 33.2. The van der Waals surface area contributed by atoms with Gasteiger partial charge in [-0.05, 0) is 5.56 Å². The molecule has 2 aliphatic rings. The Morgan fingerprint density at radius 1 is 1.06 bits per heavy atom. The minimum atomic E-state index is -0.229. The fraction of sp³-hybridized carbons (Fsp3) is 0.417. The van der Waals surface area contributed by atoms with Gasteiger partial charge in [-0.3, -0.25) is 4.79 Å². The minimum absolute atomic E-state index is 0.145. The summed E-state index contributed by atoms with van der Waals surface area (Å²) in [6.45, 7) is 0. The molecule has 0 amide bonds. The number of ether oxygens (including phenoxy) is 1. The quantitative estimate of drug-likeness (QED) is 0.534. The number of carbonyl (C=O) groups is 1. The van der Waals surface area contributed by atoms with Crippen LogP contribution in [-0.2, 0) is 19.3 Å². The van der Waals surface area contributed by atoms with Crippen molar-refractivity contribution in [3.63, 3.8) is 0 Å². The second-order valence-corrected chi connectivity index (χ2v) is 4.10. The second kappa shape index (κ2) is 3.88. The fourth-order valence-electron chi connectivity index (χ4n) is 2.13. The third-order valence-corrected chi connectivity index (χ3v) is 2.98. The molecule has 1 aromatic rings. The summed E-state index contributed by atoms with van der Waals surface area (Å²) in [6.07, 6.45) is 0.430. The topological polar surface area (TPSA) is 44.8 Å². The Morgan fingerprint density at radius 2 is 1.88 bits per heavy atom. The Kier molecular flexibility index (Phi) is 2.38. The van der Waals surface area contributed by atoms with Crippen molar-refractivity contribution in [1.29, 1.82) is 0 Å². The molecular formula is C12H12O4. The van der Waals surface area contributed by atoms with Gasteiger partial charge in [0.15, 0.2) is 0 Å². The maximum Gasteiger partial charge on any atom is 0.309 e. The highest BCUT2D eigenvalue weighted by Gasteiger charge is 2.42. The number of hydrogen-bond acceptors (Lipinski definition) is 4. The Morgan fingerprint density at radius 3 is 2.69 bits per heavy atom. The van der Waals surface area contributed by atoms with Gasteiger partial charge in [0, 0.05) is 6.42 Å². The molecule has 1 aromatic carbocycles. The first-order valence-electron chi connectivity index (χ1n) is 5.39. The van der Waals surface area contributed by atoms with E-state index >= 15 is 0 Å². The van der Waals surface area contributed by atoms with Crippen LogP contribution in [0.1, 0.15) is 24.5 Å². The molecule has 0 radical (unpaired) electrons. The number of hydrogen-bond donors (Lipinski definition) is 0. The van der Waals surface area contributed by atoms with Gasteiger partial charge in [0.05, 0.1) is 6.42 Å². The number of fused-ring (bicyclic) bond motifs is 1. The number of benzene rings is 1. The van der Waals surface area contributed by atoms with E-state index < -0.39 is 0 Å². The van der Waals surface area contributed by atoms with Crippen molar-refractivity contribution in [2.24, 2.45) is 0 Å². The summed E-state index contributed by atoms with van der Waals surface area (Å²) in [4.78, 5) is 21.6. The van der Waals surface area contributed by atoms with E-state index in [1.807, 2.05) is 30.3 Å². The first-order valence-corrected chi connectivity index (χ1v) is 5.39. The van der Waals surface area contributed by atoms with Crippen LogP contribution in [0, 0.1) is 0 Å². The van der Waals surface area contributed by atoms with Crippen LogP contribution in [0.25, 0.3) is 0 Å².